The van der Waals surface area contributed by atoms with Crippen LogP contribution in [0.3, 0.4) is 0 Å². The minimum absolute atomic E-state index is 0.288. The van der Waals surface area contributed by atoms with Crippen molar-refractivity contribution in [1.82, 2.24) is 19.5 Å². The Balaban J connectivity index is 1.40. The minimum atomic E-state index is 0.288. The molecule has 1 saturated carbocycles. The number of benzene rings is 1. The van der Waals surface area contributed by atoms with Crippen molar-refractivity contribution in [3.63, 3.8) is 0 Å². The highest BCUT2D eigenvalue weighted by Gasteiger charge is 2.18. The van der Waals surface area contributed by atoms with Gasteiger partial charge in [0.15, 0.2) is 17.0 Å². The Labute approximate surface area is 193 Å². The van der Waals surface area contributed by atoms with Gasteiger partial charge in [-0.1, -0.05) is 49.6 Å². The maximum Gasteiger partial charge on any atom is 0.227 e. The summed E-state index contributed by atoms with van der Waals surface area (Å²) in [6, 6.07) is 13.5. The monoisotopic (exact) mass is 446 g/mol. The number of anilines is 2. The lowest BCUT2D eigenvalue weighted by molar-refractivity contribution is 0.461. The van der Waals surface area contributed by atoms with Crippen molar-refractivity contribution in [3.05, 3.63) is 53.7 Å². The molecular weight excluding hydrogens is 416 g/mol. The van der Waals surface area contributed by atoms with Crippen molar-refractivity contribution in [2.24, 2.45) is 0 Å². The predicted molar refractivity (Wildman–Crippen MR) is 133 cm³/mol. The molecular formula is C25H30N6S. The van der Waals surface area contributed by atoms with Gasteiger partial charge < -0.3 is 15.2 Å². The zero-order valence-corrected chi connectivity index (χ0v) is 19.5. The third-order valence-electron chi connectivity index (χ3n) is 6.09. The van der Waals surface area contributed by atoms with Crippen molar-refractivity contribution in [2.45, 2.75) is 64.6 Å². The van der Waals surface area contributed by atoms with E-state index >= 15 is 0 Å². The van der Waals surface area contributed by atoms with Crippen molar-refractivity contribution in [1.29, 1.82) is 0 Å². The van der Waals surface area contributed by atoms with Crippen LogP contribution in [-0.4, -0.2) is 25.6 Å². The summed E-state index contributed by atoms with van der Waals surface area (Å²) in [6.07, 6.45) is 8.12. The van der Waals surface area contributed by atoms with Crippen LogP contribution in [0.25, 0.3) is 21.6 Å². The van der Waals surface area contributed by atoms with E-state index in [9.17, 15) is 0 Å². The van der Waals surface area contributed by atoms with Crippen molar-refractivity contribution in [3.8, 4) is 10.4 Å². The lowest BCUT2D eigenvalue weighted by atomic mass is 9.96. The number of nitrogens with zero attached hydrogens (tertiary/aromatic N) is 4. The van der Waals surface area contributed by atoms with Crippen molar-refractivity contribution >= 4 is 34.3 Å². The molecule has 7 heteroatoms. The lowest BCUT2D eigenvalue weighted by Crippen LogP contribution is -2.24. The van der Waals surface area contributed by atoms with Crippen molar-refractivity contribution < 1.29 is 0 Å². The predicted octanol–water partition coefficient (Wildman–Crippen LogP) is 6.49. The molecule has 0 unspecified atom stereocenters. The van der Waals surface area contributed by atoms with Gasteiger partial charge in [-0.25, -0.2) is 4.98 Å². The van der Waals surface area contributed by atoms with Crippen LogP contribution in [0, 0.1) is 0 Å². The number of nitrogens with one attached hydrogen (secondary N) is 2. The van der Waals surface area contributed by atoms with Gasteiger partial charge >= 0.3 is 0 Å². The number of hydrogen-bond acceptors (Lipinski definition) is 6. The molecule has 6 nitrogen and oxygen atoms in total. The highest BCUT2D eigenvalue weighted by atomic mass is 32.1. The largest absolute Gasteiger partial charge is 0.364 e. The molecule has 1 aliphatic carbocycles. The zero-order chi connectivity index (χ0) is 21.9. The molecule has 0 spiro atoms. The molecule has 1 aliphatic rings. The summed E-state index contributed by atoms with van der Waals surface area (Å²) in [7, 11) is 0. The maximum absolute atomic E-state index is 4.85. The van der Waals surface area contributed by atoms with Crippen LogP contribution in [0.5, 0.6) is 0 Å². The van der Waals surface area contributed by atoms with E-state index in [2.05, 4.69) is 75.8 Å². The lowest BCUT2D eigenvalue weighted by Gasteiger charge is -2.23. The minimum Gasteiger partial charge on any atom is -0.364 e. The summed E-state index contributed by atoms with van der Waals surface area (Å²) in [6.45, 7) is 5.01. The molecule has 0 aliphatic heterocycles. The second-order valence-corrected chi connectivity index (χ2v) is 9.74. The number of hydrogen-bond donors (Lipinski definition) is 2. The van der Waals surface area contributed by atoms with Gasteiger partial charge in [-0.3, -0.25) is 0 Å². The fourth-order valence-corrected chi connectivity index (χ4v) is 5.24. The summed E-state index contributed by atoms with van der Waals surface area (Å²) in [5, 5.41) is 9.34. The van der Waals surface area contributed by atoms with Crippen LogP contribution in [0.2, 0.25) is 0 Å². The van der Waals surface area contributed by atoms with Crippen LogP contribution in [-0.2, 0) is 6.54 Å². The first-order valence-corrected chi connectivity index (χ1v) is 12.4. The molecule has 0 bridgehead atoms. The van der Waals surface area contributed by atoms with E-state index in [-0.39, 0.29) is 6.04 Å². The average molecular weight is 447 g/mol. The number of fused-ring (bicyclic) bond motifs is 1. The Morgan fingerprint density at radius 3 is 2.69 bits per heavy atom. The standard InChI is InChI=1S/C25H30N6S/c1-17(2)31-16-27-22-23(29-25(30-24(22)31)28-20-11-7-4-8-12-20)26-14-18-13-21(32-15-18)19-9-5-3-6-10-19/h3,5-6,9-10,13,15-17,20H,4,7-8,11-12,14H2,1-2H3,(H2,26,28,29,30). The topological polar surface area (TPSA) is 67.7 Å². The van der Waals surface area contributed by atoms with Gasteiger partial charge in [-0.2, -0.15) is 9.97 Å². The Morgan fingerprint density at radius 2 is 1.91 bits per heavy atom. The average Bonchev–Trinajstić information content (AvgIpc) is 3.46. The van der Waals surface area contributed by atoms with E-state index in [1.54, 1.807) is 11.3 Å². The maximum atomic E-state index is 4.85. The molecule has 2 N–H and O–H groups in total. The normalized spacial score (nSPS) is 14.8. The molecule has 1 fully saturated rings. The first-order valence-electron chi connectivity index (χ1n) is 11.5. The summed E-state index contributed by atoms with van der Waals surface area (Å²) in [4.78, 5) is 15.6. The molecule has 3 aromatic heterocycles. The van der Waals surface area contributed by atoms with Crippen LogP contribution < -0.4 is 10.6 Å². The highest BCUT2D eigenvalue weighted by Crippen LogP contribution is 2.29. The molecule has 166 valence electrons. The smallest absolute Gasteiger partial charge is 0.227 e. The van der Waals surface area contributed by atoms with Gasteiger partial charge in [0.2, 0.25) is 5.95 Å². The zero-order valence-electron chi connectivity index (χ0n) is 18.7. The van der Waals surface area contributed by atoms with Crippen LogP contribution in [0.15, 0.2) is 48.1 Å². The van der Waals surface area contributed by atoms with Gasteiger partial charge in [-0.05, 0) is 49.3 Å². The van der Waals surface area contributed by atoms with E-state index < -0.39 is 0 Å². The molecule has 1 aromatic carbocycles. The van der Waals surface area contributed by atoms with Crippen LogP contribution >= 0.6 is 11.3 Å². The van der Waals surface area contributed by atoms with E-state index in [4.69, 9.17) is 9.97 Å². The third kappa shape index (κ3) is 4.48. The summed E-state index contributed by atoms with van der Waals surface area (Å²) < 4.78 is 2.12. The Bertz CT molecular complexity index is 1170. The fourth-order valence-electron chi connectivity index (χ4n) is 4.32. The Kier molecular flexibility index (Phi) is 6.08. The van der Waals surface area contributed by atoms with Gasteiger partial charge in [0.05, 0.1) is 6.33 Å². The number of rotatable bonds is 7. The van der Waals surface area contributed by atoms with Gasteiger partial charge in [0, 0.05) is 23.5 Å². The Hall–Kier alpha value is -2.93. The molecule has 0 saturated heterocycles. The fraction of sp³-hybridized carbons (Fsp3) is 0.400. The molecule has 0 radical (unpaired) electrons. The van der Waals surface area contributed by atoms with Gasteiger partial charge in [-0.15, -0.1) is 11.3 Å². The Morgan fingerprint density at radius 1 is 1.09 bits per heavy atom. The van der Waals surface area contributed by atoms with E-state index in [1.165, 1.54) is 48.1 Å². The first-order chi connectivity index (χ1) is 15.7. The summed E-state index contributed by atoms with van der Waals surface area (Å²) in [5.41, 5.74) is 4.20. The molecule has 32 heavy (non-hydrogen) atoms. The first kappa shape index (κ1) is 20.9. The van der Waals surface area contributed by atoms with Crippen LogP contribution in [0.1, 0.15) is 57.6 Å². The van der Waals surface area contributed by atoms with Gasteiger partial charge in [0.25, 0.3) is 0 Å². The number of thiophene rings is 1. The molecule has 4 aromatic rings. The van der Waals surface area contributed by atoms with Crippen molar-refractivity contribution in [2.75, 3.05) is 10.6 Å². The second kappa shape index (κ2) is 9.28. The van der Waals surface area contributed by atoms with E-state index in [0.717, 1.165) is 17.0 Å². The molecule has 5 rings (SSSR count). The molecule has 0 atom stereocenters. The second-order valence-electron chi connectivity index (χ2n) is 8.83. The highest BCUT2D eigenvalue weighted by molar-refractivity contribution is 7.13. The van der Waals surface area contributed by atoms with Gasteiger partial charge in [0.1, 0.15) is 0 Å². The molecule has 0 amide bonds. The SMILES string of the molecule is CC(C)n1cnc2c(NCc3csc(-c4ccccc4)c3)nc(NC3CCCCC3)nc21. The molecule has 3 heterocycles. The number of aromatic nitrogens is 4. The quantitative estimate of drug-likeness (QED) is 0.339. The summed E-state index contributed by atoms with van der Waals surface area (Å²) in [5.74, 6) is 1.49. The summed E-state index contributed by atoms with van der Waals surface area (Å²) >= 11 is 1.77. The van der Waals surface area contributed by atoms with E-state index in [1.807, 2.05) is 6.33 Å². The van der Waals surface area contributed by atoms with E-state index in [0.29, 0.717) is 18.5 Å². The van der Waals surface area contributed by atoms with Crippen LogP contribution in [0.4, 0.5) is 11.8 Å². The number of imidazole rings is 1. The third-order valence-corrected chi connectivity index (χ3v) is 7.12.